The molecule has 0 radical (unpaired) electrons. The van der Waals surface area contributed by atoms with Gasteiger partial charge in [0.25, 0.3) is 0 Å². The first-order valence-corrected chi connectivity index (χ1v) is 4.13. The zero-order valence-electron chi connectivity index (χ0n) is 9.49. The van der Waals surface area contributed by atoms with Crippen molar-refractivity contribution >= 4 is 0 Å². The Morgan fingerprint density at radius 1 is 0.600 bits per heavy atom. The van der Waals surface area contributed by atoms with E-state index in [9.17, 15) is 0 Å². The lowest BCUT2D eigenvalue weighted by molar-refractivity contribution is 0.475. The van der Waals surface area contributed by atoms with Crippen LogP contribution in [-0.4, -0.2) is 5.11 Å². The molecule has 0 heterocycles. The highest BCUT2D eigenvalue weighted by Gasteiger charge is 1.74. The first-order chi connectivity index (χ1) is 7.39. The Balaban J connectivity index is -0.0000000650. The summed E-state index contributed by atoms with van der Waals surface area (Å²) in [6, 6.07) is 8.71. The van der Waals surface area contributed by atoms with Gasteiger partial charge < -0.3 is 5.11 Å². The molecule has 0 unspecified atom stereocenters. The molecule has 15 heavy (non-hydrogen) atoms. The third-order valence-electron chi connectivity index (χ3n) is 0.756. The molecule has 84 valence electrons. The summed E-state index contributed by atoms with van der Waals surface area (Å²) < 4.78 is 0. The van der Waals surface area contributed by atoms with E-state index in [4.69, 9.17) is 5.11 Å². The quantitative estimate of drug-likeness (QED) is 0.615. The van der Waals surface area contributed by atoms with Gasteiger partial charge in [0.05, 0.1) is 0 Å². The summed E-state index contributed by atoms with van der Waals surface area (Å²) >= 11 is 0. The summed E-state index contributed by atoms with van der Waals surface area (Å²) in [4.78, 5) is 0. The van der Waals surface area contributed by atoms with Gasteiger partial charge in [0, 0.05) is 0 Å². The molecule has 1 aromatic rings. The van der Waals surface area contributed by atoms with Crippen LogP contribution in [0.25, 0.3) is 0 Å². The van der Waals surface area contributed by atoms with Gasteiger partial charge >= 0.3 is 0 Å². The van der Waals surface area contributed by atoms with Crippen molar-refractivity contribution in [1.82, 2.24) is 0 Å². The third kappa shape index (κ3) is 33.4. The molecule has 0 aliphatic rings. The van der Waals surface area contributed by atoms with Crippen molar-refractivity contribution in [1.29, 1.82) is 0 Å². The summed E-state index contributed by atoms with van der Waals surface area (Å²) in [7, 11) is 0. The first-order valence-electron chi connectivity index (χ1n) is 4.13. The van der Waals surface area contributed by atoms with Gasteiger partial charge in [-0.25, -0.2) is 0 Å². The molecule has 0 spiro atoms. The molecule has 0 aromatic heterocycles. The van der Waals surface area contributed by atoms with Gasteiger partial charge in [-0.1, -0.05) is 18.2 Å². The summed E-state index contributed by atoms with van der Waals surface area (Å²) in [6.45, 7) is 24.0. The largest absolute Gasteiger partial charge is 0.508 e. The summed E-state index contributed by atoms with van der Waals surface area (Å²) in [5, 5.41) is 8.63. The van der Waals surface area contributed by atoms with Crippen molar-refractivity contribution in [3.63, 3.8) is 0 Å². The van der Waals surface area contributed by atoms with Crippen molar-refractivity contribution in [2.24, 2.45) is 0 Å². The number of para-hydroxylation sites is 1. The average molecular weight is 206 g/mol. The maximum atomic E-state index is 8.63. The number of phenols is 1. The molecule has 1 aromatic carbocycles. The highest BCUT2D eigenvalue weighted by atomic mass is 16.3. The topological polar surface area (TPSA) is 20.2 Å². The summed E-state index contributed by atoms with van der Waals surface area (Å²) in [6.07, 6.45) is 0. The molecule has 0 bridgehead atoms. The van der Waals surface area contributed by atoms with Crippen LogP contribution in [0.15, 0.2) is 83.0 Å². The molecule has 0 aliphatic carbocycles. The Morgan fingerprint density at radius 3 is 1.00 bits per heavy atom. The van der Waals surface area contributed by atoms with Gasteiger partial charge in [-0.3, -0.25) is 0 Å². The predicted molar refractivity (Wildman–Crippen MR) is 73.1 cm³/mol. The summed E-state index contributed by atoms with van der Waals surface area (Å²) in [5.74, 6) is 0.322. The molecule has 1 nitrogen and oxygen atoms in total. The number of hydrogen-bond acceptors (Lipinski definition) is 1. The number of benzene rings is 1. The lowest BCUT2D eigenvalue weighted by atomic mass is 10.3. The zero-order chi connectivity index (χ0) is 13.1. The Morgan fingerprint density at radius 2 is 0.867 bits per heavy atom. The van der Waals surface area contributed by atoms with Gasteiger partial charge in [0.15, 0.2) is 0 Å². The second kappa shape index (κ2) is 40.4. The van der Waals surface area contributed by atoms with E-state index in [0.29, 0.717) is 5.75 Å². The van der Waals surface area contributed by atoms with Gasteiger partial charge in [-0.2, -0.15) is 0 Å². The first kappa shape index (κ1) is 23.1. The maximum Gasteiger partial charge on any atom is 0.115 e. The number of aromatic hydroxyl groups is 1. The third-order valence-corrected chi connectivity index (χ3v) is 0.756. The molecule has 0 atom stereocenters. The summed E-state index contributed by atoms with van der Waals surface area (Å²) in [5.41, 5.74) is 0. The molecule has 0 saturated carbocycles. The van der Waals surface area contributed by atoms with Crippen molar-refractivity contribution in [2.75, 3.05) is 0 Å². The fourth-order valence-electron chi connectivity index (χ4n) is 0.428. The van der Waals surface area contributed by atoms with Crippen LogP contribution in [0, 0.1) is 0 Å². The van der Waals surface area contributed by atoms with Crippen LogP contribution in [0.4, 0.5) is 0 Å². The SMILES string of the molecule is C=C.C=C.C=C.C=C.Oc1ccccc1. The van der Waals surface area contributed by atoms with Gasteiger partial charge in [0.1, 0.15) is 5.75 Å². The minimum atomic E-state index is 0.322. The Hall–Kier alpha value is -2.02. The molecule has 1 heteroatoms. The van der Waals surface area contributed by atoms with E-state index in [1.165, 1.54) is 0 Å². The van der Waals surface area contributed by atoms with Gasteiger partial charge in [-0.15, -0.1) is 52.6 Å². The highest BCUT2D eigenvalue weighted by Crippen LogP contribution is 2.02. The Labute approximate surface area is 94.4 Å². The van der Waals surface area contributed by atoms with E-state index in [0.717, 1.165) is 0 Å². The number of phenolic OH excluding ortho intramolecular Hbond substituents is 1. The second-order valence-electron chi connectivity index (χ2n) is 1.34. The van der Waals surface area contributed by atoms with E-state index in [1.807, 2.05) is 6.07 Å². The van der Waals surface area contributed by atoms with Crippen LogP contribution in [0.2, 0.25) is 0 Å². The maximum absolute atomic E-state index is 8.63. The van der Waals surface area contributed by atoms with E-state index >= 15 is 0 Å². The number of rotatable bonds is 0. The minimum Gasteiger partial charge on any atom is -0.508 e. The van der Waals surface area contributed by atoms with Crippen LogP contribution in [-0.2, 0) is 0 Å². The average Bonchev–Trinajstić information content (AvgIpc) is 2.40. The molecule has 0 fully saturated rings. The van der Waals surface area contributed by atoms with Crippen LogP contribution in [0.3, 0.4) is 0 Å². The smallest absolute Gasteiger partial charge is 0.115 e. The normalized spacial score (nSPS) is 5.07. The fraction of sp³-hybridized carbons (Fsp3) is 0. The monoisotopic (exact) mass is 206 g/mol. The minimum absolute atomic E-state index is 0.322. The van der Waals surface area contributed by atoms with Crippen molar-refractivity contribution in [3.8, 4) is 5.75 Å². The standard InChI is InChI=1S/C6H6O.4C2H4/c7-6-4-2-1-3-5-6;4*1-2/h1-5,7H;4*1-2H2. The van der Waals surface area contributed by atoms with Crippen molar-refractivity contribution in [2.45, 2.75) is 0 Å². The Bertz CT molecular complexity index is 174. The predicted octanol–water partition coefficient (Wildman–Crippen LogP) is 4.60. The van der Waals surface area contributed by atoms with E-state index in [1.54, 1.807) is 24.3 Å². The highest BCUT2D eigenvalue weighted by molar-refractivity contribution is 5.18. The molecule has 1 rings (SSSR count). The van der Waals surface area contributed by atoms with Gasteiger partial charge in [0.2, 0.25) is 0 Å². The molecular formula is C14H22O. The second-order valence-corrected chi connectivity index (χ2v) is 1.34. The molecule has 0 saturated heterocycles. The number of hydrogen-bond donors (Lipinski definition) is 1. The van der Waals surface area contributed by atoms with Crippen LogP contribution in [0.1, 0.15) is 0 Å². The lowest BCUT2D eigenvalue weighted by Gasteiger charge is -1.82. The Kier molecular flexibility index (Phi) is 62.2. The van der Waals surface area contributed by atoms with Crippen molar-refractivity contribution < 1.29 is 5.11 Å². The van der Waals surface area contributed by atoms with E-state index in [2.05, 4.69) is 52.6 Å². The molecular weight excluding hydrogens is 184 g/mol. The lowest BCUT2D eigenvalue weighted by Crippen LogP contribution is -1.56. The van der Waals surface area contributed by atoms with Gasteiger partial charge in [-0.05, 0) is 12.1 Å². The van der Waals surface area contributed by atoms with Crippen molar-refractivity contribution in [3.05, 3.63) is 83.0 Å². The van der Waals surface area contributed by atoms with Crippen LogP contribution >= 0.6 is 0 Å². The van der Waals surface area contributed by atoms with E-state index in [-0.39, 0.29) is 0 Å². The fourth-order valence-corrected chi connectivity index (χ4v) is 0.428. The van der Waals surface area contributed by atoms with E-state index < -0.39 is 0 Å². The molecule has 0 aliphatic heterocycles. The zero-order valence-corrected chi connectivity index (χ0v) is 9.49. The van der Waals surface area contributed by atoms with Crippen LogP contribution < -0.4 is 0 Å². The molecule has 1 N–H and O–H groups in total. The van der Waals surface area contributed by atoms with Crippen LogP contribution in [0.5, 0.6) is 5.75 Å². The molecule has 0 amide bonds.